The van der Waals surface area contributed by atoms with Crippen LogP contribution in [-0.4, -0.2) is 58.2 Å². The van der Waals surface area contributed by atoms with Crippen molar-refractivity contribution in [2.75, 3.05) is 24.7 Å². The molecule has 0 aromatic rings. The molecule has 1 aliphatic rings. The molecule has 1 aliphatic heterocycles. The quantitative estimate of drug-likeness (QED) is 0.168. The van der Waals surface area contributed by atoms with Gasteiger partial charge in [-0.15, -0.1) is 0 Å². The number of rotatable bonds is 18. The molecule has 1 fully saturated rings. The normalized spacial score (nSPS) is 17.1. The highest BCUT2D eigenvalue weighted by Crippen LogP contribution is 2.27. The number of amides is 1. The smallest absolute Gasteiger partial charge is 0.305 e. The molecule has 5 nitrogen and oxygen atoms in total. The summed E-state index contributed by atoms with van der Waals surface area (Å²) in [5, 5.41) is 11.2. The Hall–Kier alpha value is -1.01. The lowest BCUT2D eigenvalue weighted by atomic mass is 9.89. The van der Waals surface area contributed by atoms with Crippen LogP contribution in [0.5, 0.6) is 0 Å². The number of nitrogens with zero attached hydrogens (tertiary/aromatic N) is 1. The first-order valence-corrected chi connectivity index (χ1v) is 13.6. The van der Waals surface area contributed by atoms with Crippen LogP contribution in [0.3, 0.4) is 0 Å². The molecule has 0 radical (unpaired) electrons. The summed E-state index contributed by atoms with van der Waals surface area (Å²) in [7, 11) is 0. The van der Waals surface area contributed by atoms with Crippen LogP contribution in [0.15, 0.2) is 12.2 Å². The van der Waals surface area contributed by atoms with Crippen LogP contribution in [0.2, 0.25) is 0 Å². The molecule has 0 aromatic heterocycles. The SMILES string of the molecule is CCCCCC(O)(/C=C/C1CCC(=O)N1CCSCCCC(=O)OCC)CCCCC. The van der Waals surface area contributed by atoms with E-state index in [-0.39, 0.29) is 17.9 Å². The summed E-state index contributed by atoms with van der Waals surface area (Å²) in [5.41, 5.74) is -0.747. The van der Waals surface area contributed by atoms with Crippen LogP contribution < -0.4 is 0 Å². The van der Waals surface area contributed by atoms with Crippen LogP contribution in [0.4, 0.5) is 0 Å². The predicted octanol–water partition coefficient (Wildman–Crippen LogP) is 5.50. The van der Waals surface area contributed by atoms with Crippen LogP contribution in [0.25, 0.3) is 0 Å². The van der Waals surface area contributed by atoms with E-state index in [2.05, 4.69) is 19.9 Å². The second kappa shape index (κ2) is 16.6. The molecular formula is C25H45NO4S. The zero-order chi connectivity index (χ0) is 23.0. The summed E-state index contributed by atoms with van der Waals surface area (Å²) in [6.45, 7) is 7.35. The van der Waals surface area contributed by atoms with Crippen molar-refractivity contribution < 1.29 is 19.4 Å². The topological polar surface area (TPSA) is 66.8 Å². The van der Waals surface area contributed by atoms with Crippen LogP contribution in [0.1, 0.15) is 97.8 Å². The summed E-state index contributed by atoms with van der Waals surface area (Å²) in [6, 6.07) is 0.0940. The Morgan fingerprint density at radius 3 is 2.42 bits per heavy atom. The molecule has 1 saturated heterocycles. The molecule has 31 heavy (non-hydrogen) atoms. The first-order chi connectivity index (χ1) is 15.0. The third-order valence-electron chi connectivity index (χ3n) is 5.88. The number of ether oxygens (including phenoxy) is 1. The minimum absolute atomic E-state index is 0.0940. The first-order valence-electron chi connectivity index (χ1n) is 12.4. The van der Waals surface area contributed by atoms with E-state index in [1.807, 2.05) is 17.9 Å². The molecule has 1 amide bonds. The Kier molecular flexibility index (Phi) is 15.0. The van der Waals surface area contributed by atoms with Crippen molar-refractivity contribution in [3.63, 3.8) is 0 Å². The van der Waals surface area contributed by atoms with Gasteiger partial charge >= 0.3 is 5.97 Å². The van der Waals surface area contributed by atoms with Gasteiger partial charge in [-0.1, -0.05) is 64.5 Å². The van der Waals surface area contributed by atoms with Crippen molar-refractivity contribution in [1.29, 1.82) is 0 Å². The maximum Gasteiger partial charge on any atom is 0.305 e. The number of thioether (sulfide) groups is 1. The van der Waals surface area contributed by atoms with E-state index in [4.69, 9.17) is 4.74 Å². The Balaban J connectivity index is 2.50. The maximum absolute atomic E-state index is 12.4. The average molecular weight is 456 g/mol. The van der Waals surface area contributed by atoms with Crippen LogP contribution in [-0.2, 0) is 14.3 Å². The van der Waals surface area contributed by atoms with Crippen molar-refractivity contribution in [3.8, 4) is 0 Å². The molecule has 0 saturated carbocycles. The fourth-order valence-electron chi connectivity index (χ4n) is 4.01. The van der Waals surface area contributed by atoms with Gasteiger partial charge in [0.2, 0.25) is 5.91 Å². The lowest BCUT2D eigenvalue weighted by Crippen LogP contribution is -2.34. The fourth-order valence-corrected chi connectivity index (χ4v) is 4.89. The van der Waals surface area contributed by atoms with Gasteiger partial charge in [-0.05, 0) is 38.4 Å². The average Bonchev–Trinajstić information content (AvgIpc) is 3.09. The number of hydrogen-bond donors (Lipinski definition) is 1. The van der Waals surface area contributed by atoms with E-state index < -0.39 is 5.60 Å². The van der Waals surface area contributed by atoms with E-state index in [1.54, 1.807) is 11.8 Å². The van der Waals surface area contributed by atoms with Gasteiger partial charge in [0.1, 0.15) is 0 Å². The fraction of sp³-hybridized carbons (Fsp3) is 0.840. The number of esters is 1. The number of aliphatic hydroxyl groups is 1. The summed E-state index contributed by atoms with van der Waals surface area (Å²) < 4.78 is 4.94. The molecule has 1 atom stereocenters. The summed E-state index contributed by atoms with van der Waals surface area (Å²) in [6.07, 6.45) is 15.1. The number of unbranched alkanes of at least 4 members (excludes halogenated alkanes) is 4. The second-order valence-electron chi connectivity index (χ2n) is 8.59. The standard InChI is InChI=1S/C25H45NO4S/c1-4-7-9-16-25(29,17-10-8-5-2)18-15-22-13-14-23(27)26(22)19-21-31-20-11-12-24(28)30-6-3/h15,18,22,29H,4-14,16-17,19-21H2,1-3H3/b18-15+. The van der Waals surface area contributed by atoms with Gasteiger partial charge in [0.05, 0.1) is 18.2 Å². The van der Waals surface area contributed by atoms with E-state index in [0.717, 1.165) is 82.3 Å². The highest BCUT2D eigenvalue weighted by atomic mass is 32.2. The molecule has 0 aliphatic carbocycles. The molecule has 0 bridgehead atoms. The van der Waals surface area contributed by atoms with Crippen molar-refractivity contribution >= 4 is 23.6 Å². The molecule has 1 heterocycles. The molecule has 180 valence electrons. The molecule has 1 rings (SSSR count). The van der Waals surface area contributed by atoms with Crippen LogP contribution >= 0.6 is 11.8 Å². The lowest BCUT2D eigenvalue weighted by Gasteiger charge is -2.27. The minimum atomic E-state index is -0.747. The molecule has 0 aromatic carbocycles. The first kappa shape index (κ1) is 28.0. The van der Waals surface area contributed by atoms with Gasteiger partial charge in [-0.3, -0.25) is 9.59 Å². The largest absolute Gasteiger partial charge is 0.466 e. The predicted molar refractivity (Wildman–Crippen MR) is 130 cm³/mol. The minimum Gasteiger partial charge on any atom is -0.466 e. The third-order valence-corrected chi connectivity index (χ3v) is 6.93. The van der Waals surface area contributed by atoms with Gasteiger partial charge in [0.15, 0.2) is 0 Å². The molecular weight excluding hydrogens is 410 g/mol. The Labute approximate surface area is 194 Å². The van der Waals surface area contributed by atoms with Crippen molar-refractivity contribution in [2.45, 2.75) is 109 Å². The third kappa shape index (κ3) is 12.0. The van der Waals surface area contributed by atoms with Gasteiger partial charge in [-0.25, -0.2) is 0 Å². The van der Waals surface area contributed by atoms with E-state index in [1.165, 1.54) is 0 Å². The molecule has 0 spiro atoms. The monoisotopic (exact) mass is 455 g/mol. The Morgan fingerprint density at radius 1 is 1.13 bits per heavy atom. The van der Waals surface area contributed by atoms with Crippen molar-refractivity contribution in [1.82, 2.24) is 4.90 Å². The number of hydrogen-bond acceptors (Lipinski definition) is 5. The van der Waals surface area contributed by atoms with Gasteiger partial charge in [0, 0.05) is 25.1 Å². The number of carbonyl (C=O) groups is 2. The zero-order valence-electron chi connectivity index (χ0n) is 20.1. The number of carbonyl (C=O) groups excluding carboxylic acids is 2. The van der Waals surface area contributed by atoms with E-state index >= 15 is 0 Å². The molecule has 6 heteroatoms. The lowest BCUT2D eigenvalue weighted by molar-refractivity contribution is -0.143. The highest BCUT2D eigenvalue weighted by molar-refractivity contribution is 7.99. The summed E-state index contributed by atoms with van der Waals surface area (Å²) >= 11 is 1.78. The van der Waals surface area contributed by atoms with Gasteiger partial charge < -0.3 is 14.7 Å². The van der Waals surface area contributed by atoms with Gasteiger partial charge in [0.25, 0.3) is 0 Å². The van der Waals surface area contributed by atoms with Crippen LogP contribution in [0, 0.1) is 0 Å². The summed E-state index contributed by atoms with van der Waals surface area (Å²) in [4.78, 5) is 25.7. The number of likely N-dealkylation sites (tertiary alicyclic amines) is 1. The molecule has 1 N–H and O–H groups in total. The zero-order valence-corrected chi connectivity index (χ0v) is 20.9. The highest BCUT2D eigenvalue weighted by Gasteiger charge is 2.30. The van der Waals surface area contributed by atoms with E-state index in [9.17, 15) is 14.7 Å². The van der Waals surface area contributed by atoms with Crippen molar-refractivity contribution in [2.24, 2.45) is 0 Å². The van der Waals surface area contributed by atoms with Gasteiger partial charge in [-0.2, -0.15) is 11.8 Å². The Morgan fingerprint density at radius 2 is 1.81 bits per heavy atom. The molecule has 1 unspecified atom stereocenters. The van der Waals surface area contributed by atoms with Crippen molar-refractivity contribution in [3.05, 3.63) is 12.2 Å². The Bertz CT molecular complexity index is 528. The summed E-state index contributed by atoms with van der Waals surface area (Å²) in [5.74, 6) is 1.85. The van der Waals surface area contributed by atoms with E-state index in [0.29, 0.717) is 19.4 Å². The second-order valence-corrected chi connectivity index (χ2v) is 9.82. The maximum atomic E-state index is 12.4.